The van der Waals surface area contributed by atoms with E-state index < -0.39 is 15.8 Å². The van der Waals surface area contributed by atoms with Gasteiger partial charge in [-0.25, -0.2) is 27.5 Å². The first-order valence-electron chi connectivity index (χ1n) is 12.1. The molecule has 11 heteroatoms. The summed E-state index contributed by atoms with van der Waals surface area (Å²) in [5.74, 6) is 0.614. The van der Waals surface area contributed by atoms with Gasteiger partial charge in [0.25, 0.3) is 0 Å². The average Bonchev–Trinajstić information content (AvgIpc) is 3.51. The number of sulfonamides is 1. The van der Waals surface area contributed by atoms with Gasteiger partial charge in [0.05, 0.1) is 11.8 Å². The second-order valence-corrected chi connectivity index (χ2v) is 11.3. The van der Waals surface area contributed by atoms with E-state index in [2.05, 4.69) is 48.4 Å². The number of benzene rings is 2. The highest BCUT2D eigenvalue weighted by Crippen LogP contribution is 2.33. The molecule has 4 N–H and O–H groups in total. The molecule has 1 aliphatic rings. The number of hydrogen-bond donors (Lipinski definition) is 4. The Hall–Kier alpha value is -3.67. The van der Waals surface area contributed by atoms with E-state index in [1.54, 1.807) is 18.3 Å². The highest BCUT2D eigenvalue weighted by atomic mass is 32.2. The van der Waals surface area contributed by atoms with E-state index in [1.807, 2.05) is 0 Å². The molecule has 3 aromatic heterocycles. The van der Waals surface area contributed by atoms with Crippen LogP contribution in [-0.2, 0) is 16.6 Å². The van der Waals surface area contributed by atoms with Crippen LogP contribution in [-0.4, -0.2) is 52.9 Å². The summed E-state index contributed by atoms with van der Waals surface area (Å²) < 4.78 is 39.9. The van der Waals surface area contributed by atoms with Gasteiger partial charge in [-0.05, 0) is 84.9 Å². The Kier molecular flexibility index (Phi) is 5.98. The standard InChI is InChI=1S/C26H26FN7O2S/c1-37(35,36)30-14-15-10-18(12-19(27)11-15)20-6-9-29-25-23(20)31-26(32-25)24-21-13-17(2-3-22(21)33-34-24)16-4-7-28-8-5-16/h2-3,6,9-13,16,28,30H,4-5,7-8,14H2,1H3,(H,33,34)(H,29,31,32). The molecule has 5 aromatic rings. The van der Waals surface area contributed by atoms with Crippen LogP contribution in [0.3, 0.4) is 0 Å². The number of pyridine rings is 1. The van der Waals surface area contributed by atoms with Crippen LogP contribution in [0.2, 0.25) is 0 Å². The summed E-state index contributed by atoms with van der Waals surface area (Å²) in [6.45, 7) is 2.03. The minimum Gasteiger partial charge on any atom is -0.321 e. The van der Waals surface area contributed by atoms with Gasteiger partial charge < -0.3 is 10.3 Å². The lowest BCUT2D eigenvalue weighted by molar-refractivity contribution is 0.460. The second kappa shape index (κ2) is 9.33. The van der Waals surface area contributed by atoms with Crippen molar-refractivity contribution in [2.45, 2.75) is 25.3 Å². The van der Waals surface area contributed by atoms with Crippen LogP contribution in [0.1, 0.15) is 29.9 Å². The van der Waals surface area contributed by atoms with Crippen LogP contribution in [0.25, 0.3) is 44.7 Å². The van der Waals surface area contributed by atoms with E-state index >= 15 is 0 Å². The van der Waals surface area contributed by atoms with Crippen molar-refractivity contribution < 1.29 is 12.8 Å². The van der Waals surface area contributed by atoms with Crippen molar-refractivity contribution in [3.63, 3.8) is 0 Å². The summed E-state index contributed by atoms with van der Waals surface area (Å²) in [5, 5.41) is 12.0. The molecule has 9 nitrogen and oxygen atoms in total. The summed E-state index contributed by atoms with van der Waals surface area (Å²) in [4.78, 5) is 12.5. The van der Waals surface area contributed by atoms with Crippen molar-refractivity contribution in [1.29, 1.82) is 0 Å². The smallest absolute Gasteiger partial charge is 0.209 e. The van der Waals surface area contributed by atoms with Crippen molar-refractivity contribution in [1.82, 2.24) is 35.2 Å². The van der Waals surface area contributed by atoms with Gasteiger partial charge in [0.2, 0.25) is 10.0 Å². The van der Waals surface area contributed by atoms with E-state index in [-0.39, 0.29) is 6.54 Å². The van der Waals surface area contributed by atoms with Crippen LogP contribution in [0.4, 0.5) is 4.39 Å². The van der Waals surface area contributed by atoms with Gasteiger partial charge in [-0.2, -0.15) is 5.10 Å². The fourth-order valence-corrected chi connectivity index (χ4v) is 5.43. The number of H-pyrrole nitrogens is 2. The fraction of sp³-hybridized carbons (Fsp3) is 0.269. The molecule has 0 atom stereocenters. The number of nitrogens with one attached hydrogen (secondary N) is 4. The van der Waals surface area contributed by atoms with Gasteiger partial charge in [-0.1, -0.05) is 6.07 Å². The van der Waals surface area contributed by atoms with Gasteiger partial charge in [-0.15, -0.1) is 0 Å². The number of piperidine rings is 1. The quantitative estimate of drug-likeness (QED) is 0.270. The Labute approximate surface area is 213 Å². The van der Waals surface area contributed by atoms with Crippen molar-refractivity contribution in [2.75, 3.05) is 19.3 Å². The third-order valence-electron chi connectivity index (χ3n) is 6.81. The molecular formula is C26H26FN7O2S. The van der Waals surface area contributed by atoms with Crippen molar-refractivity contribution >= 4 is 32.1 Å². The monoisotopic (exact) mass is 519 g/mol. The lowest BCUT2D eigenvalue weighted by atomic mass is 9.89. The zero-order chi connectivity index (χ0) is 25.6. The van der Waals surface area contributed by atoms with Crippen LogP contribution in [0, 0.1) is 5.82 Å². The molecule has 0 radical (unpaired) electrons. The lowest BCUT2D eigenvalue weighted by Gasteiger charge is -2.23. The second-order valence-electron chi connectivity index (χ2n) is 9.48. The molecule has 0 saturated carbocycles. The zero-order valence-electron chi connectivity index (χ0n) is 20.2. The molecule has 0 bridgehead atoms. The number of hydrogen-bond acceptors (Lipinski definition) is 6. The normalized spacial score (nSPS) is 15.1. The molecule has 190 valence electrons. The molecule has 0 unspecified atom stereocenters. The van der Waals surface area contributed by atoms with Crippen LogP contribution in [0.5, 0.6) is 0 Å². The van der Waals surface area contributed by atoms with Gasteiger partial charge in [0, 0.05) is 23.7 Å². The summed E-state index contributed by atoms with van der Waals surface area (Å²) >= 11 is 0. The molecule has 0 amide bonds. The lowest BCUT2D eigenvalue weighted by Crippen LogP contribution is -2.26. The Morgan fingerprint density at radius 3 is 2.76 bits per heavy atom. The van der Waals surface area contributed by atoms with Crippen molar-refractivity contribution in [3.8, 4) is 22.6 Å². The van der Waals surface area contributed by atoms with Gasteiger partial charge >= 0.3 is 0 Å². The first-order chi connectivity index (χ1) is 17.8. The maximum atomic E-state index is 14.5. The maximum absolute atomic E-state index is 14.5. The van der Waals surface area contributed by atoms with E-state index in [9.17, 15) is 12.8 Å². The number of aromatic amines is 2. The van der Waals surface area contributed by atoms with Crippen molar-refractivity contribution in [3.05, 3.63) is 65.6 Å². The third-order valence-corrected chi connectivity index (χ3v) is 7.48. The summed E-state index contributed by atoms with van der Waals surface area (Å²) in [7, 11) is -3.41. The number of aromatic nitrogens is 5. The van der Waals surface area contributed by atoms with E-state index in [0.717, 1.165) is 43.1 Å². The Balaban J connectivity index is 1.40. The number of fused-ring (bicyclic) bond motifs is 2. The molecule has 4 heterocycles. The number of nitrogens with zero attached hydrogens (tertiary/aromatic N) is 3. The third kappa shape index (κ3) is 4.85. The molecule has 1 saturated heterocycles. The molecular weight excluding hydrogens is 493 g/mol. The zero-order valence-corrected chi connectivity index (χ0v) is 21.0. The summed E-state index contributed by atoms with van der Waals surface area (Å²) in [5.41, 5.74) is 5.82. The molecule has 37 heavy (non-hydrogen) atoms. The van der Waals surface area contributed by atoms with Gasteiger partial charge in [0.1, 0.15) is 17.0 Å². The molecule has 2 aromatic carbocycles. The average molecular weight is 520 g/mol. The minimum absolute atomic E-state index is 0.0116. The highest BCUT2D eigenvalue weighted by molar-refractivity contribution is 7.88. The fourth-order valence-electron chi connectivity index (χ4n) is 5.00. The van der Waals surface area contributed by atoms with Crippen LogP contribution in [0.15, 0.2) is 48.7 Å². The topological polar surface area (TPSA) is 128 Å². The van der Waals surface area contributed by atoms with E-state index in [4.69, 9.17) is 4.98 Å². The maximum Gasteiger partial charge on any atom is 0.209 e. The van der Waals surface area contributed by atoms with E-state index in [1.165, 1.54) is 17.7 Å². The molecule has 1 fully saturated rings. The molecule has 0 aliphatic carbocycles. The first kappa shape index (κ1) is 23.7. The Bertz CT molecular complexity index is 1720. The van der Waals surface area contributed by atoms with Crippen LogP contribution < -0.4 is 10.0 Å². The van der Waals surface area contributed by atoms with Crippen LogP contribution >= 0.6 is 0 Å². The SMILES string of the molecule is CS(=O)(=O)NCc1cc(F)cc(-c2ccnc3[nH]c(-c4n[nH]c5ccc(C6CCNCC6)cc45)nc23)c1. The number of halogens is 1. The van der Waals surface area contributed by atoms with Crippen molar-refractivity contribution in [2.24, 2.45) is 0 Å². The molecule has 0 spiro atoms. The highest BCUT2D eigenvalue weighted by Gasteiger charge is 2.20. The predicted octanol–water partition coefficient (Wildman–Crippen LogP) is 3.82. The predicted molar refractivity (Wildman–Crippen MR) is 141 cm³/mol. The Morgan fingerprint density at radius 2 is 1.95 bits per heavy atom. The Morgan fingerprint density at radius 1 is 1.11 bits per heavy atom. The van der Waals surface area contributed by atoms with Gasteiger partial charge in [0.15, 0.2) is 11.5 Å². The summed E-state index contributed by atoms with van der Waals surface area (Å²) in [6, 6.07) is 12.7. The number of rotatable bonds is 6. The molecule has 1 aliphatic heterocycles. The van der Waals surface area contributed by atoms with Gasteiger partial charge in [-0.3, -0.25) is 5.10 Å². The first-order valence-corrected chi connectivity index (χ1v) is 14.0. The number of imidazole rings is 1. The summed E-state index contributed by atoms with van der Waals surface area (Å²) in [6.07, 6.45) is 4.91. The largest absolute Gasteiger partial charge is 0.321 e. The minimum atomic E-state index is -3.41. The van der Waals surface area contributed by atoms with E-state index in [0.29, 0.717) is 45.3 Å². The molecule has 6 rings (SSSR count).